The van der Waals surface area contributed by atoms with Gasteiger partial charge in [0, 0.05) is 43.1 Å². The molecule has 0 heterocycles. The topological polar surface area (TPSA) is 52.7 Å². The van der Waals surface area contributed by atoms with Crippen molar-refractivity contribution in [2.45, 2.75) is 13.3 Å². The smallest absolute Gasteiger partial charge is 0.223 e. The number of amides is 2. The molecular weight excluding hydrogens is 334 g/mol. The molecular formula is C15H22BrN3O2. The fourth-order valence-electron chi connectivity index (χ4n) is 1.81. The Labute approximate surface area is 134 Å². The molecule has 0 aliphatic carbocycles. The lowest BCUT2D eigenvalue weighted by molar-refractivity contribution is -0.121. The van der Waals surface area contributed by atoms with E-state index in [-0.39, 0.29) is 11.8 Å². The van der Waals surface area contributed by atoms with E-state index in [9.17, 15) is 9.59 Å². The molecule has 1 aromatic rings. The number of nitrogens with one attached hydrogen (secondary N) is 1. The molecule has 0 unspecified atom stereocenters. The van der Waals surface area contributed by atoms with Crippen LogP contribution in [0.5, 0.6) is 0 Å². The highest BCUT2D eigenvalue weighted by Gasteiger charge is 2.13. The van der Waals surface area contributed by atoms with Crippen LogP contribution in [0.1, 0.15) is 13.3 Å². The van der Waals surface area contributed by atoms with Crippen LogP contribution in [-0.2, 0) is 9.59 Å². The van der Waals surface area contributed by atoms with Crippen molar-refractivity contribution in [1.82, 2.24) is 10.2 Å². The van der Waals surface area contributed by atoms with E-state index in [0.717, 1.165) is 16.7 Å². The molecule has 0 aromatic heterocycles. The lowest BCUT2D eigenvalue weighted by atomic mass is 10.2. The van der Waals surface area contributed by atoms with Crippen LogP contribution in [-0.4, -0.2) is 50.4 Å². The summed E-state index contributed by atoms with van der Waals surface area (Å²) in [5, 5.41) is 2.84. The first-order chi connectivity index (χ1) is 9.90. The fourth-order valence-corrected chi connectivity index (χ4v) is 2.07. The van der Waals surface area contributed by atoms with Crippen molar-refractivity contribution >= 4 is 33.4 Å². The van der Waals surface area contributed by atoms with Crippen LogP contribution in [0.15, 0.2) is 28.7 Å². The van der Waals surface area contributed by atoms with Crippen molar-refractivity contribution in [2.75, 3.05) is 38.6 Å². The van der Waals surface area contributed by atoms with Crippen molar-refractivity contribution in [2.24, 2.45) is 0 Å². The first-order valence-corrected chi connectivity index (χ1v) is 7.64. The number of hydrogen-bond acceptors (Lipinski definition) is 3. The Balaban J connectivity index is 2.50. The molecule has 0 aliphatic rings. The molecule has 0 fully saturated rings. The molecule has 0 bridgehead atoms. The van der Waals surface area contributed by atoms with Crippen molar-refractivity contribution in [3.8, 4) is 0 Å². The van der Waals surface area contributed by atoms with Gasteiger partial charge in [0.25, 0.3) is 0 Å². The summed E-state index contributed by atoms with van der Waals surface area (Å²) in [6.45, 7) is 3.30. The third-order valence-corrected chi connectivity index (χ3v) is 3.49. The zero-order valence-corrected chi connectivity index (χ0v) is 14.3. The van der Waals surface area contributed by atoms with E-state index in [2.05, 4.69) is 21.2 Å². The second kappa shape index (κ2) is 8.79. The molecule has 2 amide bonds. The van der Waals surface area contributed by atoms with E-state index in [4.69, 9.17) is 0 Å². The van der Waals surface area contributed by atoms with Crippen molar-refractivity contribution in [1.29, 1.82) is 0 Å². The molecule has 1 rings (SSSR count). The van der Waals surface area contributed by atoms with E-state index >= 15 is 0 Å². The van der Waals surface area contributed by atoms with E-state index in [0.29, 0.717) is 19.5 Å². The Kier molecular flexibility index (Phi) is 7.39. The largest absolute Gasteiger partial charge is 0.355 e. The van der Waals surface area contributed by atoms with Crippen LogP contribution in [0, 0.1) is 0 Å². The van der Waals surface area contributed by atoms with Gasteiger partial charge in [-0.2, -0.15) is 0 Å². The summed E-state index contributed by atoms with van der Waals surface area (Å²) in [6, 6.07) is 7.47. The molecule has 0 aliphatic heterocycles. The molecule has 0 atom stereocenters. The zero-order valence-electron chi connectivity index (χ0n) is 12.7. The van der Waals surface area contributed by atoms with Crippen LogP contribution in [0.4, 0.5) is 5.69 Å². The van der Waals surface area contributed by atoms with Gasteiger partial charge in [0.15, 0.2) is 0 Å². The minimum atomic E-state index is -0.0709. The van der Waals surface area contributed by atoms with Gasteiger partial charge in [-0.25, -0.2) is 0 Å². The summed E-state index contributed by atoms with van der Waals surface area (Å²) >= 11 is 3.36. The number of halogens is 1. The summed E-state index contributed by atoms with van der Waals surface area (Å²) in [5.41, 5.74) is 0.798. The molecule has 0 spiro atoms. The van der Waals surface area contributed by atoms with E-state index in [1.54, 1.807) is 4.90 Å². The lowest BCUT2D eigenvalue weighted by Crippen LogP contribution is -2.36. The molecule has 0 saturated heterocycles. The third-order valence-electron chi connectivity index (χ3n) is 2.96. The number of likely N-dealkylation sites (N-methyl/N-ethyl adjacent to an activating group) is 1. The van der Waals surface area contributed by atoms with Gasteiger partial charge in [-0.15, -0.1) is 0 Å². The van der Waals surface area contributed by atoms with Crippen LogP contribution in [0.25, 0.3) is 0 Å². The normalized spacial score (nSPS) is 10.5. The van der Waals surface area contributed by atoms with Gasteiger partial charge in [0.1, 0.15) is 0 Å². The predicted octanol–water partition coefficient (Wildman–Crippen LogP) is 1.87. The summed E-state index contributed by atoms with van der Waals surface area (Å²) in [4.78, 5) is 27.1. The number of carbonyl (C=O) groups is 2. The fraction of sp³-hybridized carbons (Fsp3) is 0.467. The van der Waals surface area contributed by atoms with E-state index < -0.39 is 0 Å². The first kappa shape index (κ1) is 17.7. The SMILES string of the molecule is CC(=O)N(CCC(=O)NCCN(C)C)c1ccc(Br)cc1. The molecule has 6 heteroatoms. The number of hydrogen-bond donors (Lipinski definition) is 1. The van der Waals surface area contributed by atoms with Crippen LogP contribution >= 0.6 is 15.9 Å². The molecule has 116 valence electrons. The number of nitrogens with zero attached hydrogens (tertiary/aromatic N) is 2. The molecule has 1 aromatic carbocycles. The second-order valence-corrected chi connectivity index (χ2v) is 5.97. The quantitative estimate of drug-likeness (QED) is 0.812. The standard InChI is InChI=1S/C15H22BrN3O2/c1-12(20)19(14-6-4-13(16)5-7-14)10-8-15(21)17-9-11-18(2)3/h4-7H,8-11H2,1-3H3,(H,17,21). The van der Waals surface area contributed by atoms with Gasteiger partial charge < -0.3 is 15.1 Å². The minimum Gasteiger partial charge on any atom is -0.355 e. The molecule has 0 saturated carbocycles. The average Bonchev–Trinajstić information content (AvgIpc) is 2.40. The third kappa shape index (κ3) is 6.73. The highest BCUT2D eigenvalue weighted by atomic mass is 79.9. The zero-order chi connectivity index (χ0) is 15.8. The second-order valence-electron chi connectivity index (χ2n) is 5.05. The van der Waals surface area contributed by atoms with Crippen LogP contribution < -0.4 is 10.2 Å². The van der Waals surface area contributed by atoms with Gasteiger partial charge in [-0.3, -0.25) is 9.59 Å². The Morgan fingerprint density at radius 3 is 2.29 bits per heavy atom. The summed E-state index contributed by atoms with van der Waals surface area (Å²) in [5.74, 6) is -0.112. The number of benzene rings is 1. The summed E-state index contributed by atoms with van der Waals surface area (Å²) < 4.78 is 0.955. The number of anilines is 1. The maximum Gasteiger partial charge on any atom is 0.223 e. The van der Waals surface area contributed by atoms with Crippen LogP contribution in [0.3, 0.4) is 0 Å². The van der Waals surface area contributed by atoms with Crippen molar-refractivity contribution < 1.29 is 9.59 Å². The minimum absolute atomic E-state index is 0.0415. The van der Waals surface area contributed by atoms with E-state index in [1.807, 2.05) is 43.3 Å². The lowest BCUT2D eigenvalue weighted by Gasteiger charge is -2.21. The summed E-state index contributed by atoms with van der Waals surface area (Å²) in [6.07, 6.45) is 0.295. The van der Waals surface area contributed by atoms with Gasteiger partial charge in [-0.05, 0) is 38.4 Å². The highest BCUT2D eigenvalue weighted by molar-refractivity contribution is 9.10. The highest BCUT2D eigenvalue weighted by Crippen LogP contribution is 2.18. The van der Waals surface area contributed by atoms with Crippen LogP contribution in [0.2, 0.25) is 0 Å². The number of carbonyl (C=O) groups excluding carboxylic acids is 2. The Morgan fingerprint density at radius 1 is 1.14 bits per heavy atom. The maximum absolute atomic E-state index is 11.8. The van der Waals surface area contributed by atoms with E-state index in [1.165, 1.54) is 6.92 Å². The van der Waals surface area contributed by atoms with Gasteiger partial charge >= 0.3 is 0 Å². The Morgan fingerprint density at radius 2 is 1.76 bits per heavy atom. The molecule has 0 radical (unpaired) electrons. The van der Waals surface area contributed by atoms with Gasteiger partial charge in [0.05, 0.1) is 0 Å². The Bertz CT molecular complexity index is 474. The average molecular weight is 356 g/mol. The van der Waals surface area contributed by atoms with Crippen molar-refractivity contribution in [3.05, 3.63) is 28.7 Å². The molecule has 5 nitrogen and oxygen atoms in total. The summed E-state index contributed by atoms with van der Waals surface area (Å²) in [7, 11) is 3.91. The monoisotopic (exact) mass is 355 g/mol. The maximum atomic E-state index is 11.8. The van der Waals surface area contributed by atoms with Gasteiger partial charge in [-0.1, -0.05) is 15.9 Å². The Hall–Kier alpha value is -1.40. The predicted molar refractivity (Wildman–Crippen MR) is 88.3 cm³/mol. The molecule has 1 N–H and O–H groups in total. The first-order valence-electron chi connectivity index (χ1n) is 6.85. The number of rotatable bonds is 7. The molecule has 21 heavy (non-hydrogen) atoms. The van der Waals surface area contributed by atoms with Gasteiger partial charge in [0.2, 0.25) is 11.8 Å². The van der Waals surface area contributed by atoms with Crippen molar-refractivity contribution in [3.63, 3.8) is 0 Å².